The van der Waals surface area contributed by atoms with E-state index >= 15 is 0 Å². The number of nitrogens with zero attached hydrogens (tertiary/aromatic N) is 1. The zero-order valence-corrected chi connectivity index (χ0v) is 31.1. The number of benzene rings is 6. The first-order valence-electron chi connectivity index (χ1n) is 18.1. The Bertz CT molecular complexity index is 2600. The summed E-state index contributed by atoms with van der Waals surface area (Å²) in [5.41, 5.74) is 8.16. The summed E-state index contributed by atoms with van der Waals surface area (Å²) in [5.74, 6) is 3.11. The molecule has 6 heteroatoms. The third-order valence-electron chi connectivity index (χ3n) is 10.8. The van der Waals surface area contributed by atoms with E-state index in [2.05, 4.69) is 107 Å². The largest absolute Gasteiger partial charge is 0.456 e. The first-order valence-corrected chi connectivity index (χ1v) is 19.9. The molecule has 9 rings (SSSR count). The lowest BCUT2D eigenvalue weighted by Crippen LogP contribution is -2.29. The van der Waals surface area contributed by atoms with E-state index in [4.69, 9.17) is 13.9 Å². The minimum absolute atomic E-state index is 0.0145. The molecule has 0 spiro atoms. The number of fused-ring (bicyclic) bond motifs is 6. The zero-order chi connectivity index (χ0) is 35.9. The van der Waals surface area contributed by atoms with Gasteiger partial charge in [-0.3, -0.25) is 9.69 Å². The van der Waals surface area contributed by atoms with Gasteiger partial charge < -0.3 is 13.9 Å². The maximum absolute atomic E-state index is 14.2. The van der Waals surface area contributed by atoms with E-state index in [1.54, 1.807) is 0 Å². The Hall–Kier alpha value is -5.46. The van der Waals surface area contributed by atoms with Crippen LogP contribution in [0.5, 0.6) is 23.0 Å². The molecule has 0 radical (unpaired) electrons. The van der Waals surface area contributed by atoms with Gasteiger partial charge in [0.15, 0.2) is 23.0 Å². The fraction of sp³-hybridized carbons (Fsp3) is 0.196. The second-order valence-electron chi connectivity index (χ2n) is 14.6. The van der Waals surface area contributed by atoms with Crippen molar-refractivity contribution in [1.29, 1.82) is 0 Å². The van der Waals surface area contributed by atoms with Crippen LogP contribution >= 0.6 is 10.0 Å². The van der Waals surface area contributed by atoms with E-state index in [-0.39, 0.29) is 5.43 Å². The van der Waals surface area contributed by atoms with Crippen molar-refractivity contribution in [2.75, 3.05) is 4.90 Å². The van der Waals surface area contributed by atoms with Crippen molar-refractivity contribution in [3.63, 3.8) is 0 Å². The number of para-hydroxylation sites is 3. The van der Waals surface area contributed by atoms with Gasteiger partial charge in [0.05, 0.1) is 22.1 Å². The third kappa shape index (κ3) is 4.81. The number of ether oxygens (including phenoxy) is 2. The van der Waals surface area contributed by atoms with Crippen LogP contribution in [0.4, 0.5) is 17.1 Å². The fourth-order valence-corrected chi connectivity index (χ4v) is 14.3. The van der Waals surface area contributed by atoms with Crippen LogP contribution in [0.3, 0.4) is 0 Å². The van der Waals surface area contributed by atoms with E-state index in [9.17, 15) is 4.79 Å². The predicted molar refractivity (Wildman–Crippen MR) is 217 cm³/mol. The second-order valence-corrected chi connectivity index (χ2v) is 19.4. The average Bonchev–Trinajstić information content (AvgIpc) is 3.14. The van der Waals surface area contributed by atoms with Gasteiger partial charge in [-0.05, 0) is 116 Å². The maximum atomic E-state index is 14.2. The van der Waals surface area contributed by atoms with Gasteiger partial charge in [-0.25, -0.2) is 10.0 Å². The minimum Gasteiger partial charge on any atom is -0.456 e. The topological polar surface area (TPSA) is 51.9 Å². The lowest BCUT2D eigenvalue weighted by molar-refractivity contribution is 0.446. The van der Waals surface area contributed by atoms with Crippen molar-refractivity contribution in [2.45, 2.75) is 62.2 Å². The van der Waals surface area contributed by atoms with Crippen LogP contribution in [0.2, 0.25) is 0 Å². The van der Waals surface area contributed by atoms with Crippen LogP contribution in [0.1, 0.15) is 41.5 Å². The van der Waals surface area contributed by atoms with Crippen molar-refractivity contribution in [3.05, 3.63) is 132 Å². The molecule has 0 amide bonds. The van der Waals surface area contributed by atoms with E-state index in [1.165, 1.54) is 4.90 Å². The number of hydrogen-bond acceptors (Lipinski definition) is 5. The van der Waals surface area contributed by atoms with Gasteiger partial charge in [-0.1, -0.05) is 90.1 Å². The summed E-state index contributed by atoms with van der Waals surface area (Å²) in [5, 5.41) is 2.70. The zero-order valence-electron chi connectivity index (χ0n) is 30.3. The van der Waals surface area contributed by atoms with Gasteiger partial charge in [0.25, 0.3) is 0 Å². The molecule has 5 nitrogen and oxygen atoms in total. The molecule has 3 heterocycles. The highest BCUT2D eigenvalue weighted by molar-refractivity contribution is 8.35. The monoisotopic (exact) mass is 703 g/mol. The molecule has 2 aliphatic rings. The molecule has 7 aromatic rings. The van der Waals surface area contributed by atoms with E-state index < -0.39 is 10.0 Å². The molecule has 2 aliphatic heterocycles. The molecule has 0 atom stereocenters. The van der Waals surface area contributed by atoms with E-state index in [0.717, 1.165) is 62.3 Å². The van der Waals surface area contributed by atoms with Crippen LogP contribution in [0, 0.1) is 0 Å². The maximum Gasteiger partial charge on any atom is 0.200 e. The molecule has 0 N–H and O–H groups in total. The molecule has 6 aromatic carbocycles. The van der Waals surface area contributed by atoms with E-state index in [1.807, 2.05) is 60.7 Å². The summed E-state index contributed by atoms with van der Waals surface area (Å²) in [6.45, 7) is 14.0. The van der Waals surface area contributed by atoms with Gasteiger partial charge in [-0.2, -0.15) is 0 Å². The third-order valence-corrected chi connectivity index (χ3v) is 16.6. The molecule has 0 saturated heterocycles. The van der Waals surface area contributed by atoms with Gasteiger partial charge in [-0.15, -0.1) is 0 Å². The standard InChI is InChI=1S/C46H41NO4S/c1-27(2)52(28(3)4,29(5)6)34-19-22-40-36(26-34)46(48)35-24-32(18-21-39(35)49-40)30-11-9-12-31(23-30)33-17-20-38-44(25-33)51-43-16-10-15-42-45(43)47(38)37-13-7-8-14-41(37)50-42/h7-29H,1-6H3. The smallest absolute Gasteiger partial charge is 0.200 e. The fourth-order valence-electron chi connectivity index (χ4n) is 8.75. The van der Waals surface area contributed by atoms with Crippen LogP contribution in [-0.2, 0) is 0 Å². The lowest BCUT2D eigenvalue weighted by atomic mass is 9.97. The lowest BCUT2D eigenvalue weighted by Gasteiger charge is -2.51. The molecular weight excluding hydrogens is 663 g/mol. The Balaban J connectivity index is 1.11. The molecule has 0 bridgehead atoms. The Kier molecular flexibility index (Phi) is 7.53. The molecule has 1 aromatic heterocycles. The van der Waals surface area contributed by atoms with Crippen LogP contribution in [0.25, 0.3) is 44.2 Å². The molecule has 0 fully saturated rings. The Morgan fingerprint density at radius 3 is 1.75 bits per heavy atom. The molecule has 52 heavy (non-hydrogen) atoms. The van der Waals surface area contributed by atoms with Crippen LogP contribution < -0.4 is 19.8 Å². The van der Waals surface area contributed by atoms with Gasteiger partial charge in [0.2, 0.25) is 5.43 Å². The number of rotatable bonds is 6. The van der Waals surface area contributed by atoms with Gasteiger partial charge >= 0.3 is 0 Å². The first-order chi connectivity index (χ1) is 25.1. The van der Waals surface area contributed by atoms with Crippen LogP contribution in [0.15, 0.2) is 135 Å². The summed E-state index contributed by atoms with van der Waals surface area (Å²) < 4.78 is 19.1. The molecular formula is C46H41NO4S. The van der Waals surface area contributed by atoms with Gasteiger partial charge in [0.1, 0.15) is 16.9 Å². The summed E-state index contributed by atoms with van der Waals surface area (Å²) in [4.78, 5) is 17.8. The first kappa shape index (κ1) is 32.4. The van der Waals surface area contributed by atoms with Crippen molar-refractivity contribution >= 4 is 49.0 Å². The Morgan fingerprint density at radius 2 is 1.04 bits per heavy atom. The van der Waals surface area contributed by atoms with Crippen LogP contribution in [-0.4, -0.2) is 15.7 Å². The quantitative estimate of drug-likeness (QED) is 0.161. The SMILES string of the molecule is CC(C)S(c1ccc2oc3ccc(-c4cccc(-c5ccc6c(c5)Oc5cccc7c5N6c5ccccc5O7)c4)cc3c(=O)c2c1)(C(C)C)C(C)C. The molecule has 0 unspecified atom stereocenters. The Labute approximate surface area is 305 Å². The second kappa shape index (κ2) is 12.1. The van der Waals surface area contributed by atoms with Crippen molar-refractivity contribution in [2.24, 2.45) is 0 Å². The highest BCUT2D eigenvalue weighted by Crippen LogP contribution is 2.66. The van der Waals surface area contributed by atoms with Gasteiger partial charge in [0, 0.05) is 0 Å². The van der Waals surface area contributed by atoms with Crippen molar-refractivity contribution in [1.82, 2.24) is 0 Å². The summed E-state index contributed by atoms with van der Waals surface area (Å²) in [7, 11) is -1.20. The normalized spacial score (nSPS) is 13.6. The minimum atomic E-state index is -1.20. The number of hydrogen-bond donors (Lipinski definition) is 0. The number of anilines is 3. The highest BCUT2D eigenvalue weighted by atomic mass is 32.3. The highest BCUT2D eigenvalue weighted by Gasteiger charge is 2.37. The average molecular weight is 704 g/mol. The Morgan fingerprint density at radius 1 is 0.500 bits per heavy atom. The molecule has 0 saturated carbocycles. The summed E-state index contributed by atoms with van der Waals surface area (Å²) in [6.07, 6.45) is 0. The van der Waals surface area contributed by atoms with Crippen molar-refractivity contribution < 1.29 is 13.9 Å². The summed E-state index contributed by atoms with van der Waals surface area (Å²) >= 11 is 0. The molecule has 0 aliphatic carbocycles. The molecule has 260 valence electrons. The predicted octanol–water partition coefficient (Wildman–Crippen LogP) is 13.4. The van der Waals surface area contributed by atoms with Crippen molar-refractivity contribution in [3.8, 4) is 45.3 Å². The summed E-state index contributed by atoms with van der Waals surface area (Å²) in [6, 6.07) is 41.1. The van der Waals surface area contributed by atoms with E-state index in [0.29, 0.717) is 37.7 Å².